The molecule has 0 unspecified atom stereocenters. The number of carbonyl (C=O) groups excluding carboxylic acids is 1. The maximum atomic E-state index is 12.3. The van der Waals surface area contributed by atoms with Crippen molar-refractivity contribution in [2.24, 2.45) is 5.41 Å². The predicted octanol–water partition coefficient (Wildman–Crippen LogP) is 3.15. The number of aromatic nitrogens is 1. The van der Waals surface area contributed by atoms with Crippen LogP contribution in [0.1, 0.15) is 38.4 Å². The van der Waals surface area contributed by atoms with E-state index >= 15 is 0 Å². The fourth-order valence-corrected chi connectivity index (χ4v) is 1.28. The Morgan fingerprint density at radius 2 is 1.95 bits per heavy atom. The highest BCUT2D eigenvalue weighted by atomic mass is 19.4. The average molecular weight is 274 g/mol. The molecule has 0 fully saturated rings. The topological polar surface area (TPSA) is 42.0 Å². The molecule has 0 aliphatic carbocycles. The molecule has 1 heterocycles. The van der Waals surface area contributed by atoms with Crippen LogP contribution in [0.25, 0.3) is 0 Å². The Kier molecular flexibility index (Phi) is 4.55. The van der Waals surface area contributed by atoms with Gasteiger partial charge in [0, 0.05) is 18.2 Å². The smallest absolute Gasteiger partial charge is 0.352 e. The lowest BCUT2D eigenvalue weighted by atomic mass is 9.89. The standard InChI is InChI=1S/C13H17F3N2O/c1-4-12(2,3)11(19)18-8-9-5-6-10(17-7-9)13(14,15)16/h5-7H,4,8H2,1-3H3,(H,18,19). The summed E-state index contributed by atoms with van der Waals surface area (Å²) in [5.41, 5.74) is -0.885. The van der Waals surface area contributed by atoms with Crippen molar-refractivity contribution in [1.29, 1.82) is 0 Å². The van der Waals surface area contributed by atoms with Gasteiger partial charge in [0.25, 0.3) is 0 Å². The van der Waals surface area contributed by atoms with Gasteiger partial charge in [-0.25, -0.2) is 0 Å². The van der Waals surface area contributed by atoms with Gasteiger partial charge in [-0.2, -0.15) is 13.2 Å². The Morgan fingerprint density at radius 1 is 1.32 bits per heavy atom. The van der Waals surface area contributed by atoms with Crippen molar-refractivity contribution in [1.82, 2.24) is 10.3 Å². The van der Waals surface area contributed by atoms with Gasteiger partial charge < -0.3 is 5.32 Å². The zero-order valence-corrected chi connectivity index (χ0v) is 11.1. The average Bonchev–Trinajstić information content (AvgIpc) is 2.35. The van der Waals surface area contributed by atoms with Crippen LogP contribution in [0.3, 0.4) is 0 Å². The Morgan fingerprint density at radius 3 is 2.37 bits per heavy atom. The number of pyridine rings is 1. The Hall–Kier alpha value is -1.59. The van der Waals surface area contributed by atoms with Gasteiger partial charge in [-0.3, -0.25) is 9.78 Å². The summed E-state index contributed by atoms with van der Waals surface area (Å²) >= 11 is 0. The van der Waals surface area contributed by atoms with E-state index in [2.05, 4.69) is 10.3 Å². The molecule has 0 aliphatic rings. The number of halogens is 3. The molecule has 0 aliphatic heterocycles. The first-order chi connectivity index (χ1) is 8.66. The molecule has 0 aromatic carbocycles. The molecule has 3 nitrogen and oxygen atoms in total. The van der Waals surface area contributed by atoms with Crippen LogP contribution in [-0.2, 0) is 17.5 Å². The molecular formula is C13H17F3N2O. The molecule has 19 heavy (non-hydrogen) atoms. The largest absolute Gasteiger partial charge is 0.433 e. The van der Waals surface area contributed by atoms with Crippen LogP contribution in [0.4, 0.5) is 13.2 Å². The third kappa shape index (κ3) is 4.22. The maximum absolute atomic E-state index is 12.3. The third-order valence-electron chi connectivity index (χ3n) is 3.07. The summed E-state index contributed by atoms with van der Waals surface area (Å²) < 4.78 is 36.9. The zero-order valence-electron chi connectivity index (χ0n) is 11.1. The van der Waals surface area contributed by atoms with Crippen molar-refractivity contribution in [2.75, 3.05) is 0 Å². The van der Waals surface area contributed by atoms with Gasteiger partial charge >= 0.3 is 6.18 Å². The van der Waals surface area contributed by atoms with Crippen molar-refractivity contribution in [3.63, 3.8) is 0 Å². The number of hydrogen-bond donors (Lipinski definition) is 1. The first-order valence-corrected chi connectivity index (χ1v) is 5.97. The first kappa shape index (κ1) is 15.5. The molecule has 0 atom stereocenters. The summed E-state index contributed by atoms with van der Waals surface area (Å²) in [6.45, 7) is 5.70. The number of nitrogens with zero attached hydrogens (tertiary/aromatic N) is 1. The minimum Gasteiger partial charge on any atom is -0.352 e. The number of alkyl halides is 3. The van der Waals surface area contributed by atoms with Crippen molar-refractivity contribution in [3.8, 4) is 0 Å². The van der Waals surface area contributed by atoms with Crippen LogP contribution >= 0.6 is 0 Å². The van der Waals surface area contributed by atoms with E-state index in [1.807, 2.05) is 20.8 Å². The van der Waals surface area contributed by atoms with Crippen molar-refractivity contribution < 1.29 is 18.0 Å². The lowest BCUT2D eigenvalue weighted by Gasteiger charge is -2.21. The lowest BCUT2D eigenvalue weighted by Crippen LogP contribution is -2.36. The quantitative estimate of drug-likeness (QED) is 0.916. The second-order valence-electron chi connectivity index (χ2n) is 4.97. The molecule has 1 aromatic rings. The molecule has 0 radical (unpaired) electrons. The van der Waals surface area contributed by atoms with E-state index in [-0.39, 0.29) is 12.5 Å². The molecule has 1 rings (SSSR count). The maximum Gasteiger partial charge on any atom is 0.433 e. The molecule has 1 aromatic heterocycles. The number of hydrogen-bond acceptors (Lipinski definition) is 2. The SMILES string of the molecule is CCC(C)(C)C(=O)NCc1ccc(C(F)(F)F)nc1. The van der Waals surface area contributed by atoms with Gasteiger partial charge in [-0.15, -0.1) is 0 Å². The molecule has 0 saturated carbocycles. The molecular weight excluding hydrogens is 257 g/mol. The number of nitrogens with one attached hydrogen (secondary N) is 1. The summed E-state index contributed by atoms with van der Waals surface area (Å²) in [5.74, 6) is -0.130. The molecule has 1 amide bonds. The van der Waals surface area contributed by atoms with Crippen LogP contribution < -0.4 is 5.32 Å². The zero-order chi connectivity index (χ0) is 14.7. The van der Waals surface area contributed by atoms with Gasteiger partial charge in [-0.05, 0) is 18.1 Å². The van der Waals surface area contributed by atoms with Crippen LogP contribution in [0.2, 0.25) is 0 Å². The van der Waals surface area contributed by atoms with E-state index in [0.717, 1.165) is 12.3 Å². The Labute approximate surface area is 110 Å². The second-order valence-corrected chi connectivity index (χ2v) is 4.97. The fraction of sp³-hybridized carbons (Fsp3) is 0.538. The molecule has 6 heteroatoms. The van der Waals surface area contributed by atoms with Crippen molar-refractivity contribution in [2.45, 2.75) is 39.9 Å². The van der Waals surface area contributed by atoms with Crippen LogP contribution in [0.5, 0.6) is 0 Å². The van der Waals surface area contributed by atoms with E-state index in [9.17, 15) is 18.0 Å². The van der Waals surface area contributed by atoms with Crippen LogP contribution in [0, 0.1) is 5.41 Å². The highest BCUT2D eigenvalue weighted by molar-refractivity contribution is 5.81. The minimum absolute atomic E-state index is 0.130. The van der Waals surface area contributed by atoms with Crippen molar-refractivity contribution in [3.05, 3.63) is 29.6 Å². The Balaban J connectivity index is 2.63. The number of carbonyl (C=O) groups is 1. The first-order valence-electron chi connectivity index (χ1n) is 5.97. The summed E-state index contributed by atoms with van der Waals surface area (Å²) in [6, 6.07) is 2.22. The van der Waals surface area contributed by atoms with Gasteiger partial charge in [0.1, 0.15) is 5.69 Å². The van der Waals surface area contributed by atoms with E-state index in [4.69, 9.17) is 0 Å². The highest BCUT2D eigenvalue weighted by Gasteiger charge is 2.32. The predicted molar refractivity (Wildman–Crippen MR) is 65.2 cm³/mol. The molecule has 0 saturated heterocycles. The van der Waals surface area contributed by atoms with Crippen molar-refractivity contribution >= 4 is 5.91 Å². The molecule has 0 bridgehead atoms. The van der Waals surface area contributed by atoms with Crippen LogP contribution in [-0.4, -0.2) is 10.9 Å². The summed E-state index contributed by atoms with van der Waals surface area (Å²) in [6.07, 6.45) is -2.63. The minimum atomic E-state index is -4.44. The van der Waals surface area contributed by atoms with Crippen LogP contribution in [0.15, 0.2) is 18.3 Å². The summed E-state index contributed by atoms with van der Waals surface area (Å²) in [7, 11) is 0. The fourth-order valence-electron chi connectivity index (χ4n) is 1.28. The highest BCUT2D eigenvalue weighted by Crippen LogP contribution is 2.27. The van der Waals surface area contributed by atoms with Gasteiger partial charge in [0.05, 0.1) is 0 Å². The van der Waals surface area contributed by atoms with Gasteiger partial charge in [-0.1, -0.05) is 26.8 Å². The molecule has 106 valence electrons. The Bertz CT molecular complexity index is 438. The van der Waals surface area contributed by atoms with E-state index in [0.29, 0.717) is 12.0 Å². The third-order valence-corrected chi connectivity index (χ3v) is 3.07. The normalized spacial score (nSPS) is 12.3. The van der Waals surface area contributed by atoms with E-state index in [1.54, 1.807) is 0 Å². The van der Waals surface area contributed by atoms with E-state index in [1.165, 1.54) is 6.07 Å². The summed E-state index contributed by atoms with van der Waals surface area (Å²) in [4.78, 5) is 15.1. The molecule has 0 spiro atoms. The second kappa shape index (κ2) is 5.59. The lowest BCUT2D eigenvalue weighted by molar-refractivity contribution is -0.141. The number of rotatable bonds is 4. The summed E-state index contributed by atoms with van der Waals surface area (Å²) in [5, 5.41) is 2.69. The van der Waals surface area contributed by atoms with Gasteiger partial charge in [0.2, 0.25) is 5.91 Å². The van der Waals surface area contributed by atoms with Gasteiger partial charge in [0.15, 0.2) is 0 Å². The number of amides is 1. The van der Waals surface area contributed by atoms with E-state index < -0.39 is 17.3 Å². The molecule has 1 N–H and O–H groups in total. The monoisotopic (exact) mass is 274 g/mol.